The van der Waals surface area contributed by atoms with Crippen LogP contribution in [0.5, 0.6) is 0 Å². The molecule has 0 amide bonds. The average Bonchev–Trinajstić information content (AvgIpc) is 3.10. The maximum absolute atomic E-state index is 12.4. The molecule has 1 saturated heterocycles. The van der Waals surface area contributed by atoms with Crippen LogP contribution in [0, 0.1) is 0 Å². The zero-order valence-electron chi connectivity index (χ0n) is 11.2. The minimum atomic E-state index is -4.12. The average molecular weight is 304 g/mol. The lowest BCUT2D eigenvalue weighted by Gasteiger charge is -2.38. The van der Waals surface area contributed by atoms with E-state index >= 15 is 0 Å². The zero-order chi connectivity index (χ0) is 14.2. The molecule has 3 rings (SSSR count). The Balaban J connectivity index is 1.64. The number of nitrogens with zero attached hydrogens (tertiary/aromatic N) is 1. The molecule has 0 spiro atoms. The Bertz CT molecular complexity index is 428. The van der Waals surface area contributed by atoms with Crippen molar-refractivity contribution in [3.8, 4) is 0 Å². The Morgan fingerprint density at radius 1 is 1.30 bits per heavy atom. The lowest BCUT2D eigenvalue weighted by Crippen LogP contribution is -2.51. The summed E-state index contributed by atoms with van der Waals surface area (Å²) in [6, 6.07) is 4.67. The second-order valence-corrected chi connectivity index (χ2v) is 6.81. The third-order valence-electron chi connectivity index (χ3n) is 4.08. The number of halogens is 3. The minimum Gasteiger partial charge on any atom is -0.305 e. The van der Waals surface area contributed by atoms with Crippen LogP contribution >= 0.6 is 11.3 Å². The molecular weight excluding hydrogens is 285 g/mol. The molecule has 20 heavy (non-hydrogen) atoms. The van der Waals surface area contributed by atoms with Gasteiger partial charge in [-0.1, -0.05) is 6.07 Å². The van der Waals surface area contributed by atoms with Crippen LogP contribution in [0.1, 0.15) is 30.1 Å². The van der Waals surface area contributed by atoms with Gasteiger partial charge in [-0.25, -0.2) is 0 Å². The SMILES string of the molecule is FC(F)(F)CNC1CC(c2cccs2)CN(C2CC2)C1. The summed E-state index contributed by atoms with van der Waals surface area (Å²) >= 11 is 1.71. The first kappa shape index (κ1) is 14.4. The van der Waals surface area contributed by atoms with Crippen molar-refractivity contribution in [3.05, 3.63) is 22.4 Å². The molecule has 0 radical (unpaired) electrons. The van der Waals surface area contributed by atoms with Crippen LogP contribution in [0.2, 0.25) is 0 Å². The van der Waals surface area contributed by atoms with Crippen LogP contribution in [0.25, 0.3) is 0 Å². The quantitative estimate of drug-likeness (QED) is 0.919. The van der Waals surface area contributed by atoms with Crippen molar-refractivity contribution in [1.29, 1.82) is 0 Å². The highest BCUT2D eigenvalue weighted by molar-refractivity contribution is 7.10. The number of hydrogen-bond acceptors (Lipinski definition) is 3. The molecule has 1 saturated carbocycles. The third-order valence-corrected chi connectivity index (χ3v) is 5.11. The van der Waals surface area contributed by atoms with Crippen LogP contribution in [-0.2, 0) is 0 Å². The summed E-state index contributed by atoms with van der Waals surface area (Å²) in [6.07, 6.45) is -0.924. The van der Waals surface area contributed by atoms with Crippen molar-refractivity contribution in [2.45, 2.75) is 43.4 Å². The summed E-state index contributed by atoms with van der Waals surface area (Å²) in [4.78, 5) is 3.68. The van der Waals surface area contributed by atoms with Crippen molar-refractivity contribution < 1.29 is 13.2 Å². The summed E-state index contributed by atoms with van der Waals surface area (Å²) in [5.74, 6) is 0.370. The second-order valence-electron chi connectivity index (χ2n) is 5.83. The summed E-state index contributed by atoms with van der Waals surface area (Å²) in [5, 5.41) is 4.75. The largest absolute Gasteiger partial charge is 0.401 e. The Morgan fingerprint density at radius 3 is 2.70 bits per heavy atom. The van der Waals surface area contributed by atoms with Crippen LogP contribution in [0.4, 0.5) is 13.2 Å². The van der Waals surface area contributed by atoms with E-state index in [9.17, 15) is 13.2 Å². The molecule has 2 nitrogen and oxygen atoms in total. The van der Waals surface area contributed by atoms with E-state index in [1.54, 1.807) is 11.3 Å². The lowest BCUT2D eigenvalue weighted by molar-refractivity contribution is -0.127. The Morgan fingerprint density at radius 2 is 2.10 bits per heavy atom. The normalized spacial score (nSPS) is 28.8. The van der Waals surface area contributed by atoms with Gasteiger partial charge in [-0.15, -0.1) is 11.3 Å². The fourth-order valence-corrected chi connectivity index (χ4v) is 3.84. The number of piperidine rings is 1. The van der Waals surface area contributed by atoms with Crippen LogP contribution in [-0.4, -0.2) is 42.8 Å². The minimum absolute atomic E-state index is 0.0573. The number of rotatable bonds is 4. The molecule has 1 aromatic rings. The number of hydrogen-bond donors (Lipinski definition) is 1. The predicted molar refractivity (Wildman–Crippen MR) is 74.1 cm³/mol. The summed E-state index contributed by atoms with van der Waals surface area (Å²) in [7, 11) is 0. The standard InChI is InChI=1S/C14H19F3N2S/c15-14(16,17)9-18-11-6-10(13-2-1-5-20-13)7-19(8-11)12-3-4-12/h1-2,5,10-12,18H,3-4,6-9H2. The predicted octanol–water partition coefficient (Wildman–Crippen LogP) is 3.22. The van der Waals surface area contributed by atoms with Gasteiger partial charge in [-0.05, 0) is 30.7 Å². The smallest absolute Gasteiger partial charge is 0.305 e. The zero-order valence-corrected chi connectivity index (χ0v) is 12.0. The molecule has 2 fully saturated rings. The van der Waals surface area contributed by atoms with E-state index in [-0.39, 0.29) is 6.04 Å². The summed E-state index contributed by atoms with van der Waals surface area (Å²) in [5.41, 5.74) is 0. The number of thiophene rings is 1. The number of nitrogens with one attached hydrogen (secondary N) is 1. The van der Waals surface area contributed by atoms with Gasteiger partial charge in [0.2, 0.25) is 0 Å². The highest BCUT2D eigenvalue weighted by Crippen LogP contribution is 2.36. The van der Waals surface area contributed by atoms with Gasteiger partial charge in [-0.3, -0.25) is 4.90 Å². The van der Waals surface area contributed by atoms with Crippen LogP contribution in [0.15, 0.2) is 17.5 Å². The van der Waals surface area contributed by atoms with Crippen molar-refractivity contribution in [1.82, 2.24) is 10.2 Å². The lowest BCUT2D eigenvalue weighted by atomic mass is 9.92. The molecule has 112 valence electrons. The molecule has 2 aliphatic rings. The monoisotopic (exact) mass is 304 g/mol. The van der Waals surface area contributed by atoms with E-state index < -0.39 is 12.7 Å². The van der Waals surface area contributed by atoms with Gasteiger partial charge in [0, 0.05) is 36.0 Å². The molecule has 0 aromatic carbocycles. The number of alkyl halides is 3. The molecule has 6 heteroatoms. The van der Waals surface area contributed by atoms with E-state index in [1.165, 1.54) is 17.7 Å². The second kappa shape index (κ2) is 5.66. The first-order chi connectivity index (χ1) is 9.51. The van der Waals surface area contributed by atoms with Crippen molar-refractivity contribution in [3.63, 3.8) is 0 Å². The van der Waals surface area contributed by atoms with E-state index in [1.807, 2.05) is 11.4 Å². The van der Waals surface area contributed by atoms with Crippen LogP contribution < -0.4 is 5.32 Å². The Kier molecular flexibility index (Phi) is 4.06. The topological polar surface area (TPSA) is 15.3 Å². The van der Waals surface area contributed by atoms with Gasteiger partial charge in [0.1, 0.15) is 0 Å². The fraction of sp³-hybridized carbons (Fsp3) is 0.714. The van der Waals surface area contributed by atoms with Crippen molar-refractivity contribution in [2.24, 2.45) is 0 Å². The van der Waals surface area contributed by atoms with Gasteiger partial charge >= 0.3 is 6.18 Å². The Labute approximate surface area is 121 Å². The maximum atomic E-state index is 12.4. The van der Waals surface area contributed by atoms with Gasteiger partial charge < -0.3 is 5.32 Å². The first-order valence-electron chi connectivity index (χ1n) is 7.09. The molecule has 1 aliphatic heterocycles. The molecule has 0 bridgehead atoms. The fourth-order valence-electron chi connectivity index (χ4n) is 3.01. The van der Waals surface area contributed by atoms with E-state index in [4.69, 9.17) is 0 Å². The maximum Gasteiger partial charge on any atom is 0.401 e. The third kappa shape index (κ3) is 3.74. The van der Waals surface area contributed by atoms with Crippen molar-refractivity contribution >= 4 is 11.3 Å². The van der Waals surface area contributed by atoms with E-state index in [2.05, 4.69) is 16.3 Å². The molecule has 2 heterocycles. The molecule has 1 aliphatic carbocycles. The highest BCUT2D eigenvalue weighted by Gasteiger charge is 2.38. The molecule has 2 atom stereocenters. The van der Waals surface area contributed by atoms with E-state index in [0.717, 1.165) is 19.5 Å². The summed E-state index contributed by atoms with van der Waals surface area (Å²) < 4.78 is 37.1. The summed E-state index contributed by atoms with van der Waals surface area (Å²) in [6.45, 7) is 0.866. The molecule has 1 N–H and O–H groups in total. The molecule has 1 aromatic heterocycles. The van der Waals surface area contributed by atoms with E-state index in [0.29, 0.717) is 12.0 Å². The first-order valence-corrected chi connectivity index (χ1v) is 7.97. The van der Waals surface area contributed by atoms with Crippen LogP contribution in [0.3, 0.4) is 0 Å². The number of likely N-dealkylation sites (tertiary alicyclic amines) is 1. The molecule has 2 unspecified atom stereocenters. The van der Waals surface area contributed by atoms with Gasteiger partial charge in [0.05, 0.1) is 6.54 Å². The van der Waals surface area contributed by atoms with Gasteiger partial charge in [-0.2, -0.15) is 13.2 Å². The van der Waals surface area contributed by atoms with Gasteiger partial charge in [0.15, 0.2) is 0 Å². The van der Waals surface area contributed by atoms with Crippen molar-refractivity contribution in [2.75, 3.05) is 19.6 Å². The Hall–Kier alpha value is -0.590. The highest BCUT2D eigenvalue weighted by atomic mass is 32.1. The van der Waals surface area contributed by atoms with Gasteiger partial charge in [0.25, 0.3) is 0 Å². The molecular formula is C14H19F3N2S.